The van der Waals surface area contributed by atoms with Crippen molar-refractivity contribution in [3.63, 3.8) is 0 Å². The van der Waals surface area contributed by atoms with Crippen molar-refractivity contribution in [1.82, 2.24) is 14.5 Å². The van der Waals surface area contributed by atoms with Crippen molar-refractivity contribution >= 4 is 15.9 Å². The Balaban J connectivity index is 2.05. The van der Waals surface area contributed by atoms with Crippen molar-refractivity contribution in [3.05, 3.63) is 46.7 Å². The van der Waals surface area contributed by atoms with E-state index in [1.807, 2.05) is 42.3 Å². The van der Waals surface area contributed by atoms with E-state index in [1.54, 1.807) is 0 Å². The molecule has 2 heterocycles. The summed E-state index contributed by atoms with van der Waals surface area (Å²) in [6.45, 7) is 0. The second-order valence-corrected chi connectivity index (χ2v) is 4.17. The maximum atomic E-state index is 4.29. The molecule has 2 rings (SSSR count). The highest BCUT2D eigenvalue weighted by Crippen LogP contribution is 2.15. The summed E-state index contributed by atoms with van der Waals surface area (Å²) in [5, 5.41) is 0. The highest BCUT2D eigenvalue weighted by Gasteiger charge is 2.05. The first kappa shape index (κ1) is 10.4. The van der Waals surface area contributed by atoms with Gasteiger partial charge in [-0.05, 0) is 40.9 Å². The summed E-state index contributed by atoms with van der Waals surface area (Å²) < 4.78 is 2.97. The van der Waals surface area contributed by atoms with E-state index < -0.39 is 0 Å². The van der Waals surface area contributed by atoms with Crippen LogP contribution in [-0.2, 0) is 19.9 Å². The van der Waals surface area contributed by atoms with Gasteiger partial charge in [-0.2, -0.15) is 0 Å². The molecule has 0 aliphatic heterocycles. The Labute approximate surface area is 97.3 Å². The fourth-order valence-corrected chi connectivity index (χ4v) is 2.07. The SMILES string of the molecule is Cn1cnc(Br)c1CCc1ccccn1. The highest BCUT2D eigenvalue weighted by molar-refractivity contribution is 9.10. The molecule has 0 atom stereocenters. The van der Waals surface area contributed by atoms with Gasteiger partial charge in [-0.3, -0.25) is 4.98 Å². The number of aryl methyl sites for hydroxylation is 2. The number of hydrogen-bond donors (Lipinski definition) is 0. The molecule has 0 unspecified atom stereocenters. The van der Waals surface area contributed by atoms with Crippen LogP contribution in [0.15, 0.2) is 35.3 Å². The maximum Gasteiger partial charge on any atom is 0.127 e. The van der Waals surface area contributed by atoms with E-state index in [9.17, 15) is 0 Å². The van der Waals surface area contributed by atoms with Gasteiger partial charge in [0.2, 0.25) is 0 Å². The number of pyridine rings is 1. The molecule has 15 heavy (non-hydrogen) atoms. The van der Waals surface area contributed by atoms with Gasteiger partial charge in [0.05, 0.1) is 12.0 Å². The summed E-state index contributed by atoms with van der Waals surface area (Å²) in [6.07, 6.45) is 5.54. The van der Waals surface area contributed by atoms with Crippen LogP contribution in [0.2, 0.25) is 0 Å². The largest absolute Gasteiger partial charge is 0.337 e. The van der Waals surface area contributed by atoms with E-state index in [0.29, 0.717) is 0 Å². The molecule has 4 heteroatoms. The molecular weight excluding hydrogens is 254 g/mol. The van der Waals surface area contributed by atoms with Crippen molar-refractivity contribution in [3.8, 4) is 0 Å². The lowest BCUT2D eigenvalue weighted by Crippen LogP contribution is -1.99. The van der Waals surface area contributed by atoms with Crippen molar-refractivity contribution < 1.29 is 0 Å². The van der Waals surface area contributed by atoms with Crippen LogP contribution in [0.5, 0.6) is 0 Å². The Morgan fingerprint density at radius 3 is 2.73 bits per heavy atom. The fraction of sp³-hybridized carbons (Fsp3) is 0.273. The van der Waals surface area contributed by atoms with Crippen LogP contribution in [0, 0.1) is 0 Å². The summed E-state index contributed by atoms with van der Waals surface area (Å²) >= 11 is 3.44. The Morgan fingerprint density at radius 2 is 2.13 bits per heavy atom. The second kappa shape index (κ2) is 4.57. The third-order valence-electron chi connectivity index (χ3n) is 2.35. The monoisotopic (exact) mass is 265 g/mol. The average Bonchev–Trinajstić information content (AvgIpc) is 2.58. The normalized spacial score (nSPS) is 10.5. The molecule has 0 amide bonds. The standard InChI is InChI=1S/C11H12BrN3/c1-15-8-14-11(12)10(15)6-5-9-4-2-3-7-13-9/h2-4,7-8H,5-6H2,1H3. The Hall–Kier alpha value is -1.16. The van der Waals surface area contributed by atoms with Gasteiger partial charge in [0, 0.05) is 18.9 Å². The quantitative estimate of drug-likeness (QED) is 0.853. The molecule has 0 N–H and O–H groups in total. The lowest BCUT2D eigenvalue weighted by molar-refractivity contribution is 0.785. The number of hydrogen-bond acceptors (Lipinski definition) is 2. The smallest absolute Gasteiger partial charge is 0.127 e. The molecule has 2 aromatic heterocycles. The number of nitrogens with zero attached hydrogens (tertiary/aromatic N) is 3. The minimum Gasteiger partial charge on any atom is -0.337 e. The topological polar surface area (TPSA) is 30.7 Å². The Kier molecular flexibility index (Phi) is 3.16. The minimum absolute atomic E-state index is 0.931. The lowest BCUT2D eigenvalue weighted by atomic mass is 10.2. The predicted molar refractivity (Wildman–Crippen MR) is 62.6 cm³/mol. The number of halogens is 1. The Morgan fingerprint density at radius 1 is 1.27 bits per heavy atom. The lowest BCUT2D eigenvalue weighted by Gasteiger charge is -2.02. The molecule has 0 fully saturated rings. The Bertz CT molecular complexity index is 417. The zero-order chi connectivity index (χ0) is 10.7. The predicted octanol–water partition coefficient (Wildman–Crippen LogP) is 2.36. The molecule has 0 saturated carbocycles. The van der Waals surface area contributed by atoms with Gasteiger partial charge < -0.3 is 4.57 Å². The molecule has 0 aromatic carbocycles. The third-order valence-corrected chi connectivity index (χ3v) is 3.01. The van der Waals surface area contributed by atoms with Gasteiger partial charge in [-0.25, -0.2) is 4.98 Å². The van der Waals surface area contributed by atoms with Crippen molar-refractivity contribution in [2.24, 2.45) is 7.05 Å². The summed E-state index contributed by atoms with van der Waals surface area (Å²) in [5.41, 5.74) is 2.33. The minimum atomic E-state index is 0.931. The van der Waals surface area contributed by atoms with E-state index in [1.165, 1.54) is 5.69 Å². The van der Waals surface area contributed by atoms with E-state index in [2.05, 4.69) is 25.9 Å². The zero-order valence-electron chi connectivity index (χ0n) is 8.52. The van der Waals surface area contributed by atoms with E-state index in [4.69, 9.17) is 0 Å². The van der Waals surface area contributed by atoms with E-state index >= 15 is 0 Å². The van der Waals surface area contributed by atoms with Crippen LogP contribution in [0.1, 0.15) is 11.4 Å². The van der Waals surface area contributed by atoms with Gasteiger partial charge in [0.15, 0.2) is 0 Å². The third kappa shape index (κ3) is 2.45. The van der Waals surface area contributed by atoms with Crippen LogP contribution in [0.3, 0.4) is 0 Å². The number of aromatic nitrogens is 3. The average molecular weight is 266 g/mol. The molecule has 0 radical (unpaired) electrons. The highest BCUT2D eigenvalue weighted by atomic mass is 79.9. The van der Waals surface area contributed by atoms with Gasteiger partial charge in [-0.15, -0.1) is 0 Å². The number of imidazole rings is 1. The van der Waals surface area contributed by atoms with Crippen LogP contribution >= 0.6 is 15.9 Å². The fourth-order valence-electron chi connectivity index (χ4n) is 1.50. The molecule has 3 nitrogen and oxygen atoms in total. The van der Waals surface area contributed by atoms with Crippen LogP contribution < -0.4 is 0 Å². The van der Waals surface area contributed by atoms with E-state index in [-0.39, 0.29) is 0 Å². The van der Waals surface area contributed by atoms with Crippen molar-refractivity contribution in [2.75, 3.05) is 0 Å². The van der Waals surface area contributed by atoms with Crippen LogP contribution in [0.4, 0.5) is 0 Å². The zero-order valence-corrected chi connectivity index (χ0v) is 10.1. The molecule has 2 aromatic rings. The summed E-state index contributed by atoms with van der Waals surface area (Å²) in [5.74, 6) is 0. The van der Waals surface area contributed by atoms with E-state index in [0.717, 1.165) is 23.1 Å². The number of rotatable bonds is 3. The molecule has 0 aliphatic carbocycles. The van der Waals surface area contributed by atoms with Gasteiger partial charge in [0.25, 0.3) is 0 Å². The molecule has 0 aliphatic rings. The first-order valence-corrected chi connectivity index (χ1v) is 5.62. The van der Waals surface area contributed by atoms with Gasteiger partial charge >= 0.3 is 0 Å². The summed E-state index contributed by atoms with van der Waals surface area (Å²) in [4.78, 5) is 8.48. The second-order valence-electron chi connectivity index (χ2n) is 3.41. The molecule has 78 valence electrons. The molecule has 0 bridgehead atoms. The maximum absolute atomic E-state index is 4.29. The first-order valence-electron chi connectivity index (χ1n) is 4.83. The summed E-state index contributed by atoms with van der Waals surface area (Å²) in [7, 11) is 2.01. The summed E-state index contributed by atoms with van der Waals surface area (Å²) in [6, 6.07) is 5.99. The first-order chi connectivity index (χ1) is 7.27. The van der Waals surface area contributed by atoms with Crippen LogP contribution in [0.25, 0.3) is 0 Å². The molecular formula is C11H12BrN3. The van der Waals surface area contributed by atoms with Gasteiger partial charge in [0.1, 0.15) is 4.60 Å². The van der Waals surface area contributed by atoms with Crippen LogP contribution in [-0.4, -0.2) is 14.5 Å². The molecule has 0 spiro atoms. The van der Waals surface area contributed by atoms with Crippen molar-refractivity contribution in [2.45, 2.75) is 12.8 Å². The van der Waals surface area contributed by atoms with Gasteiger partial charge in [-0.1, -0.05) is 6.07 Å². The molecule has 0 saturated heterocycles. The van der Waals surface area contributed by atoms with Crippen molar-refractivity contribution in [1.29, 1.82) is 0 Å².